The first kappa shape index (κ1) is 19.2. The molecule has 4 nitrogen and oxygen atoms in total. The fourth-order valence-electron chi connectivity index (χ4n) is 4.16. The molecule has 2 aliphatic rings. The Bertz CT molecular complexity index is 618. The highest BCUT2D eigenvalue weighted by atomic mass is 35.5. The number of nitrogens with one attached hydrogen (secondary N) is 2. The molecular weight excluding hydrogens is 348 g/mol. The summed E-state index contributed by atoms with van der Waals surface area (Å²) in [5.74, 6) is 0.235. The van der Waals surface area contributed by atoms with Crippen molar-refractivity contribution in [1.29, 1.82) is 0 Å². The third kappa shape index (κ3) is 5.23. The molecule has 0 spiro atoms. The van der Waals surface area contributed by atoms with Crippen LogP contribution in [0.1, 0.15) is 64.2 Å². The highest BCUT2D eigenvalue weighted by molar-refractivity contribution is 6.33. The van der Waals surface area contributed by atoms with Gasteiger partial charge in [0.15, 0.2) is 0 Å². The molecule has 26 heavy (non-hydrogen) atoms. The second kappa shape index (κ2) is 9.40. The number of benzene rings is 1. The summed E-state index contributed by atoms with van der Waals surface area (Å²) in [6, 6.07) is 7.64. The Morgan fingerprint density at radius 3 is 2.00 bits per heavy atom. The average molecular weight is 377 g/mol. The van der Waals surface area contributed by atoms with Crippen molar-refractivity contribution in [2.75, 3.05) is 5.32 Å². The first-order chi connectivity index (χ1) is 12.6. The molecule has 0 saturated heterocycles. The lowest BCUT2D eigenvalue weighted by molar-refractivity contribution is -0.129. The maximum atomic E-state index is 12.6. The van der Waals surface area contributed by atoms with Crippen LogP contribution in [-0.4, -0.2) is 17.9 Å². The summed E-state index contributed by atoms with van der Waals surface area (Å²) in [5, 5.41) is 6.74. The number of para-hydroxylation sites is 1. The molecule has 0 atom stereocenters. The molecule has 0 aliphatic heterocycles. The van der Waals surface area contributed by atoms with Crippen LogP contribution in [0.15, 0.2) is 24.3 Å². The minimum atomic E-state index is -0.0341. The van der Waals surface area contributed by atoms with E-state index in [9.17, 15) is 9.59 Å². The van der Waals surface area contributed by atoms with Gasteiger partial charge < -0.3 is 10.6 Å². The lowest BCUT2D eigenvalue weighted by Gasteiger charge is -2.28. The Kier molecular flexibility index (Phi) is 6.95. The molecule has 5 heteroatoms. The van der Waals surface area contributed by atoms with Crippen LogP contribution >= 0.6 is 11.6 Å². The van der Waals surface area contributed by atoms with E-state index in [1.807, 2.05) is 18.2 Å². The van der Waals surface area contributed by atoms with Gasteiger partial charge in [0.25, 0.3) is 0 Å². The molecular formula is C21H29ClN2O2. The van der Waals surface area contributed by atoms with E-state index in [-0.39, 0.29) is 23.7 Å². The molecule has 2 amide bonds. The summed E-state index contributed by atoms with van der Waals surface area (Å²) in [4.78, 5) is 25.0. The number of carbonyl (C=O) groups excluding carboxylic acids is 2. The quantitative estimate of drug-likeness (QED) is 0.732. The van der Waals surface area contributed by atoms with Gasteiger partial charge in [-0.15, -0.1) is 0 Å². The summed E-state index contributed by atoms with van der Waals surface area (Å²) < 4.78 is 0. The molecule has 2 aliphatic carbocycles. The van der Waals surface area contributed by atoms with Crippen molar-refractivity contribution in [2.45, 2.75) is 70.3 Å². The van der Waals surface area contributed by atoms with Crippen molar-refractivity contribution in [2.24, 2.45) is 11.8 Å². The van der Waals surface area contributed by atoms with Crippen LogP contribution in [0.5, 0.6) is 0 Å². The van der Waals surface area contributed by atoms with Crippen molar-refractivity contribution in [3.8, 4) is 0 Å². The number of anilines is 1. The molecule has 2 N–H and O–H groups in total. The zero-order valence-electron chi connectivity index (χ0n) is 15.3. The van der Waals surface area contributed by atoms with Gasteiger partial charge in [0, 0.05) is 17.9 Å². The van der Waals surface area contributed by atoms with Gasteiger partial charge >= 0.3 is 0 Å². The van der Waals surface area contributed by atoms with E-state index < -0.39 is 0 Å². The first-order valence-electron chi connectivity index (χ1n) is 9.99. The van der Waals surface area contributed by atoms with Crippen LogP contribution in [0.2, 0.25) is 5.02 Å². The van der Waals surface area contributed by atoms with E-state index in [0.717, 1.165) is 38.5 Å². The molecule has 3 rings (SSSR count). The first-order valence-corrected chi connectivity index (χ1v) is 10.4. The van der Waals surface area contributed by atoms with Crippen LogP contribution < -0.4 is 10.6 Å². The van der Waals surface area contributed by atoms with Crippen molar-refractivity contribution < 1.29 is 9.59 Å². The lowest BCUT2D eigenvalue weighted by atomic mass is 9.81. The van der Waals surface area contributed by atoms with Crippen LogP contribution in [-0.2, 0) is 9.59 Å². The molecule has 1 aromatic carbocycles. The van der Waals surface area contributed by atoms with Crippen LogP contribution in [0, 0.1) is 11.8 Å². The van der Waals surface area contributed by atoms with Gasteiger partial charge in [-0.25, -0.2) is 0 Å². The van der Waals surface area contributed by atoms with Crippen molar-refractivity contribution in [3.05, 3.63) is 29.3 Å². The van der Waals surface area contributed by atoms with E-state index >= 15 is 0 Å². The van der Waals surface area contributed by atoms with Gasteiger partial charge in [0.2, 0.25) is 11.8 Å². The predicted octanol–water partition coefficient (Wildman–Crippen LogP) is 4.92. The second-order valence-electron chi connectivity index (χ2n) is 7.71. The van der Waals surface area contributed by atoms with Gasteiger partial charge in [-0.05, 0) is 50.7 Å². The fraction of sp³-hybridized carbons (Fsp3) is 0.619. The fourth-order valence-corrected chi connectivity index (χ4v) is 4.34. The maximum Gasteiger partial charge on any atom is 0.227 e. The summed E-state index contributed by atoms with van der Waals surface area (Å²) in [5.41, 5.74) is 0.660. The summed E-state index contributed by atoms with van der Waals surface area (Å²) in [6.45, 7) is 0. The minimum absolute atomic E-state index is 0.0146. The van der Waals surface area contributed by atoms with Gasteiger partial charge in [-0.2, -0.15) is 0 Å². The smallest absolute Gasteiger partial charge is 0.227 e. The van der Waals surface area contributed by atoms with Crippen LogP contribution in [0.25, 0.3) is 0 Å². The number of halogens is 1. The second-order valence-corrected chi connectivity index (χ2v) is 8.12. The van der Waals surface area contributed by atoms with Crippen molar-refractivity contribution in [1.82, 2.24) is 5.32 Å². The monoisotopic (exact) mass is 376 g/mol. The largest absolute Gasteiger partial charge is 0.353 e. The molecule has 2 fully saturated rings. The molecule has 0 radical (unpaired) electrons. The third-order valence-electron chi connectivity index (χ3n) is 5.80. The van der Waals surface area contributed by atoms with E-state index in [1.165, 1.54) is 25.7 Å². The van der Waals surface area contributed by atoms with Crippen LogP contribution in [0.4, 0.5) is 5.69 Å². The van der Waals surface area contributed by atoms with Crippen molar-refractivity contribution in [3.63, 3.8) is 0 Å². The zero-order valence-corrected chi connectivity index (χ0v) is 16.1. The highest BCUT2D eigenvalue weighted by Crippen LogP contribution is 2.31. The number of amides is 2. The third-order valence-corrected chi connectivity index (χ3v) is 6.13. The van der Waals surface area contributed by atoms with Gasteiger partial charge in [0.05, 0.1) is 10.7 Å². The van der Waals surface area contributed by atoms with Crippen LogP contribution in [0.3, 0.4) is 0 Å². The van der Waals surface area contributed by atoms with E-state index in [2.05, 4.69) is 10.6 Å². The number of hydrogen-bond acceptors (Lipinski definition) is 2. The molecule has 0 unspecified atom stereocenters. The molecule has 0 aromatic heterocycles. The average Bonchev–Trinajstić information content (AvgIpc) is 2.92. The minimum Gasteiger partial charge on any atom is -0.353 e. The Morgan fingerprint density at radius 2 is 1.38 bits per heavy atom. The van der Waals surface area contributed by atoms with Crippen molar-refractivity contribution >= 4 is 29.1 Å². The normalized spacial score (nSPS) is 24.5. The van der Waals surface area contributed by atoms with E-state index in [4.69, 9.17) is 11.6 Å². The molecule has 0 heterocycles. The highest BCUT2D eigenvalue weighted by Gasteiger charge is 2.31. The molecule has 142 valence electrons. The predicted molar refractivity (Wildman–Crippen MR) is 105 cm³/mol. The number of hydrogen-bond donors (Lipinski definition) is 2. The molecule has 2 saturated carbocycles. The Balaban J connectivity index is 1.45. The Morgan fingerprint density at radius 1 is 0.808 bits per heavy atom. The Hall–Kier alpha value is -1.55. The zero-order chi connectivity index (χ0) is 18.4. The summed E-state index contributed by atoms with van der Waals surface area (Å²) in [6.07, 6.45) is 10.4. The number of carbonyl (C=O) groups is 2. The summed E-state index contributed by atoms with van der Waals surface area (Å²) >= 11 is 6.11. The standard InChI is InChI=1S/C21H29ClN2O2/c22-18-9-5-6-10-19(18)24-21(26)16-13-11-15(12-14-16)20(25)23-17-7-3-1-2-4-8-17/h5-6,9-10,15-17H,1-4,7-8,11-14H2,(H,23,25)(H,24,26). The molecule has 0 bridgehead atoms. The van der Waals surface area contributed by atoms with Gasteiger partial charge in [-0.1, -0.05) is 49.4 Å². The molecule has 1 aromatic rings. The summed E-state index contributed by atoms with van der Waals surface area (Å²) in [7, 11) is 0. The Labute approximate surface area is 161 Å². The SMILES string of the molecule is O=C(Nc1ccccc1Cl)C1CCC(C(=O)NC2CCCCCC2)CC1. The van der Waals surface area contributed by atoms with E-state index in [1.54, 1.807) is 6.07 Å². The lowest BCUT2D eigenvalue weighted by Crippen LogP contribution is -2.40. The van der Waals surface area contributed by atoms with Gasteiger partial charge in [-0.3, -0.25) is 9.59 Å². The number of rotatable bonds is 4. The topological polar surface area (TPSA) is 58.2 Å². The maximum absolute atomic E-state index is 12.6. The van der Waals surface area contributed by atoms with E-state index in [0.29, 0.717) is 16.8 Å². The van der Waals surface area contributed by atoms with Gasteiger partial charge in [0.1, 0.15) is 0 Å².